The van der Waals surface area contributed by atoms with Gasteiger partial charge in [-0.15, -0.1) is 0 Å². The molecule has 1 saturated heterocycles. The molecule has 2 atom stereocenters. The molecule has 0 aromatic heterocycles. The number of amides is 1. The second-order valence-corrected chi connectivity index (χ2v) is 6.80. The van der Waals surface area contributed by atoms with Crippen molar-refractivity contribution in [3.63, 3.8) is 0 Å². The Bertz CT molecular complexity index is 709. The second-order valence-electron chi connectivity index (χ2n) is 6.80. The van der Waals surface area contributed by atoms with Crippen LogP contribution in [0.5, 0.6) is 0 Å². The highest BCUT2D eigenvalue weighted by molar-refractivity contribution is 5.95. The maximum absolute atomic E-state index is 13.0. The lowest BCUT2D eigenvalue weighted by Gasteiger charge is -2.19. The SMILES string of the molecule is Cc1ccc(C)c(NC(=O)[C@H]([NH2+]C[C@H]2CCCO2)c2ccccc2)c1. The summed E-state index contributed by atoms with van der Waals surface area (Å²) >= 11 is 0. The predicted octanol–water partition coefficient (Wildman–Crippen LogP) is 2.73. The van der Waals surface area contributed by atoms with E-state index in [4.69, 9.17) is 4.74 Å². The Hall–Kier alpha value is -2.17. The van der Waals surface area contributed by atoms with E-state index in [0.29, 0.717) is 0 Å². The van der Waals surface area contributed by atoms with Gasteiger partial charge in [0.2, 0.25) is 0 Å². The van der Waals surface area contributed by atoms with Crippen LogP contribution >= 0.6 is 0 Å². The van der Waals surface area contributed by atoms with Gasteiger partial charge in [-0.2, -0.15) is 0 Å². The molecule has 1 aliphatic heterocycles. The van der Waals surface area contributed by atoms with Crippen molar-refractivity contribution >= 4 is 11.6 Å². The van der Waals surface area contributed by atoms with Crippen molar-refractivity contribution in [2.24, 2.45) is 0 Å². The Morgan fingerprint density at radius 1 is 1.24 bits per heavy atom. The van der Waals surface area contributed by atoms with Crippen molar-refractivity contribution in [1.82, 2.24) is 0 Å². The largest absolute Gasteiger partial charge is 0.372 e. The minimum absolute atomic E-state index is 0.0119. The summed E-state index contributed by atoms with van der Waals surface area (Å²) in [6.07, 6.45) is 2.44. The van der Waals surface area contributed by atoms with Gasteiger partial charge in [-0.05, 0) is 43.9 Å². The molecule has 4 nitrogen and oxygen atoms in total. The topological polar surface area (TPSA) is 54.9 Å². The molecule has 132 valence electrons. The van der Waals surface area contributed by atoms with E-state index in [1.165, 1.54) is 0 Å². The van der Waals surface area contributed by atoms with E-state index in [9.17, 15) is 4.79 Å². The maximum Gasteiger partial charge on any atom is 0.287 e. The molecule has 1 aliphatic rings. The molecule has 0 radical (unpaired) electrons. The smallest absolute Gasteiger partial charge is 0.287 e. The lowest BCUT2D eigenvalue weighted by Crippen LogP contribution is -2.89. The van der Waals surface area contributed by atoms with Gasteiger partial charge in [-0.25, -0.2) is 0 Å². The zero-order valence-electron chi connectivity index (χ0n) is 15.0. The molecule has 2 aromatic carbocycles. The number of anilines is 1. The first-order chi connectivity index (χ1) is 12.1. The van der Waals surface area contributed by atoms with E-state index in [-0.39, 0.29) is 18.1 Å². The van der Waals surface area contributed by atoms with Gasteiger partial charge in [0.1, 0.15) is 12.6 Å². The number of hydrogen-bond donors (Lipinski definition) is 2. The third-order valence-corrected chi connectivity index (χ3v) is 4.75. The molecule has 3 N–H and O–H groups in total. The van der Waals surface area contributed by atoms with Crippen LogP contribution in [0.15, 0.2) is 48.5 Å². The molecule has 25 heavy (non-hydrogen) atoms. The van der Waals surface area contributed by atoms with Crippen molar-refractivity contribution in [3.8, 4) is 0 Å². The predicted molar refractivity (Wildman–Crippen MR) is 99.5 cm³/mol. The highest BCUT2D eigenvalue weighted by Gasteiger charge is 2.27. The summed E-state index contributed by atoms with van der Waals surface area (Å²) in [6, 6.07) is 15.8. The summed E-state index contributed by atoms with van der Waals surface area (Å²) < 4.78 is 5.71. The lowest BCUT2D eigenvalue weighted by atomic mass is 10.0. The number of nitrogens with two attached hydrogens (primary N) is 1. The van der Waals surface area contributed by atoms with Crippen LogP contribution < -0.4 is 10.6 Å². The average Bonchev–Trinajstić information content (AvgIpc) is 3.13. The molecular formula is C21H27N2O2+. The Morgan fingerprint density at radius 2 is 2.04 bits per heavy atom. The van der Waals surface area contributed by atoms with E-state index in [1.807, 2.05) is 56.3 Å². The fraction of sp³-hybridized carbons (Fsp3) is 0.381. The van der Waals surface area contributed by atoms with Crippen LogP contribution in [0.2, 0.25) is 0 Å². The Balaban J connectivity index is 1.75. The third kappa shape index (κ3) is 4.68. The first kappa shape index (κ1) is 17.6. The first-order valence-corrected chi connectivity index (χ1v) is 9.01. The average molecular weight is 339 g/mol. The van der Waals surface area contributed by atoms with Crippen LogP contribution in [0.25, 0.3) is 0 Å². The monoisotopic (exact) mass is 339 g/mol. The van der Waals surface area contributed by atoms with Gasteiger partial charge in [-0.3, -0.25) is 4.79 Å². The summed E-state index contributed by atoms with van der Waals surface area (Å²) in [5.74, 6) is 0.0119. The van der Waals surface area contributed by atoms with Crippen molar-refractivity contribution in [2.45, 2.75) is 38.8 Å². The van der Waals surface area contributed by atoms with Crippen molar-refractivity contribution < 1.29 is 14.8 Å². The molecule has 2 aromatic rings. The molecule has 1 fully saturated rings. The second kappa shape index (κ2) is 8.28. The summed E-state index contributed by atoms with van der Waals surface area (Å²) in [7, 11) is 0. The number of carbonyl (C=O) groups excluding carboxylic acids is 1. The van der Waals surface area contributed by atoms with Gasteiger partial charge < -0.3 is 15.4 Å². The highest BCUT2D eigenvalue weighted by Crippen LogP contribution is 2.19. The van der Waals surface area contributed by atoms with E-state index in [2.05, 4.69) is 16.7 Å². The number of ether oxygens (including phenoxy) is 1. The lowest BCUT2D eigenvalue weighted by molar-refractivity contribution is -0.687. The van der Waals surface area contributed by atoms with Crippen LogP contribution in [0.4, 0.5) is 5.69 Å². The number of rotatable bonds is 6. The maximum atomic E-state index is 13.0. The number of quaternary nitrogens is 1. The van der Waals surface area contributed by atoms with E-state index < -0.39 is 0 Å². The first-order valence-electron chi connectivity index (χ1n) is 9.01. The molecule has 3 rings (SSSR count). The molecule has 0 unspecified atom stereocenters. The van der Waals surface area contributed by atoms with E-state index >= 15 is 0 Å². The van der Waals surface area contributed by atoms with Gasteiger partial charge >= 0.3 is 0 Å². The summed E-state index contributed by atoms with van der Waals surface area (Å²) in [6.45, 7) is 5.69. The highest BCUT2D eigenvalue weighted by atomic mass is 16.5. The number of nitrogens with one attached hydrogen (secondary N) is 1. The normalized spacial score (nSPS) is 18.1. The van der Waals surface area contributed by atoms with Crippen LogP contribution in [0, 0.1) is 13.8 Å². The molecule has 1 amide bonds. The molecular weight excluding hydrogens is 312 g/mol. The minimum atomic E-state index is -0.273. The fourth-order valence-electron chi connectivity index (χ4n) is 3.25. The van der Waals surface area contributed by atoms with Crippen LogP contribution in [-0.2, 0) is 9.53 Å². The zero-order valence-corrected chi connectivity index (χ0v) is 15.0. The van der Waals surface area contributed by atoms with Crippen LogP contribution in [0.1, 0.15) is 35.6 Å². The number of aryl methyl sites for hydroxylation is 2. The van der Waals surface area contributed by atoms with E-state index in [1.54, 1.807) is 0 Å². The molecule has 0 spiro atoms. The summed E-state index contributed by atoms with van der Waals surface area (Å²) in [4.78, 5) is 13.0. The molecule has 1 heterocycles. The van der Waals surface area contributed by atoms with Gasteiger partial charge in [0, 0.05) is 17.9 Å². The van der Waals surface area contributed by atoms with Gasteiger partial charge in [-0.1, -0.05) is 42.5 Å². The number of benzene rings is 2. The summed E-state index contributed by atoms with van der Waals surface area (Å²) in [5.41, 5.74) is 4.12. The quantitative estimate of drug-likeness (QED) is 0.850. The molecule has 0 aliphatic carbocycles. The summed E-state index contributed by atoms with van der Waals surface area (Å²) in [5, 5.41) is 5.22. The van der Waals surface area contributed by atoms with Crippen LogP contribution in [0.3, 0.4) is 0 Å². The third-order valence-electron chi connectivity index (χ3n) is 4.75. The Morgan fingerprint density at radius 3 is 2.76 bits per heavy atom. The van der Waals surface area contributed by atoms with E-state index in [0.717, 1.165) is 48.4 Å². The number of hydrogen-bond acceptors (Lipinski definition) is 2. The Kier molecular flexibility index (Phi) is 5.84. The zero-order chi connectivity index (χ0) is 17.6. The van der Waals surface area contributed by atoms with Gasteiger partial charge in [0.15, 0.2) is 6.04 Å². The molecule has 4 heteroatoms. The number of carbonyl (C=O) groups is 1. The van der Waals surface area contributed by atoms with Crippen molar-refractivity contribution in [1.29, 1.82) is 0 Å². The van der Waals surface area contributed by atoms with Gasteiger partial charge in [0.25, 0.3) is 5.91 Å². The van der Waals surface area contributed by atoms with Crippen LogP contribution in [-0.4, -0.2) is 25.2 Å². The van der Waals surface area contributed by atoms with Crippen molar-refractivity contribution in [2.75, 3.05) is 18.5 Å². The fourth-order valence-corrected chi connectivity index (χ4v) is 3.25. The Labute approximate surface area is 149 Å². The molecule has 0 bridgehead atoms. The van der Waals surface area contributed by atoms with Gasteiger partial charge in [0.05, 0.1) is 0 Å². The standard InChI is InChI=1S/C21H26N2O2/c1-15-10-11-16(2)19(13-15)23-21(24)20(17-7-4-3-5-8-17)22-14-18-9-6-12-25-18/h3-5,7-8,10-11,13,18,20,22H,6,9,12,14H2,1-2H3,(H,23,24)/p+1/t18-,20-/m1/s1. The molecule has 0 saturated carbocycles. The van der Waals surface area contributed by atoms with Crippen molar-refractivity contribution in [3.05, 3.63) is 65.2 Å². The minimum Gasteiger partial charge on any atom is -0.372 e.